The second-order valence-electron chi connectivity index (χ2n) is 9.48. The van der Waals surface area contributed by atoms with E-state index >= 15 is 0 Å². The molecule has 3 saturated carbocycles. The van der Waals surface area contributed by atoms with Gasteiger partial charge in [-0.15, -0.1) is 0 Å². The molecule has 4 aliphatic carbocycles. The number of hydrogen-bond acceptors (Lipinski definition) is 3. The molecular formula is C22H28Br2O3. The lowest BCUT2D eigenvalue weighted by Gasteiger charge is -2.58. The van der Waals surface area contributed by atoms with Crippen LogP contribution in [-0.2, 0) is 14.3 Å². The van der Waals surface area contributed by atoms with Crippen LogP contribution in [0.15, 0.2) is 20.6 Å². The van der Waals surface area contributed by atoms with Gasteiger partial charge in [0.2, 0.25) is 0 Å². The van der Waals surface area contributed by atoms with Gasteiger partial charge in [-0.25, -0.2) is 0 Å². The van der Waals surface area contributed by atoms with Crippen LogP contribution in [0.25, 0.3) is 0 Å². The lowest BCUT2D eigenvalue weighted by atomic mass is 9.46. The van der Waals surface area contributed by atoms with Crippen LogP contribution in [0.5, 0.6) is 0 Å². The van der Waals surface area contributed by atoms with Crippen LogP contribution < -0.4 is 0 Å². The molecule has 27 heavy (non-hydrogen) atoms. The molecule has 0 aromatic heterocycles. The third-order valence-electron chi connectivity index (χ3n) is 8.28. The van der Waals surface area contributed by atoms with Crippen LogP contribution in [0.2, 0.25) is 0 Å². The number of halogens is 2. The molecule has 4 rings (SSSR count). The first kappa shape index (κ1) is 19.9. The third kappa shape index (κ3) is 3.02. The second kappa shape index (κ2) is 6.83. The topological polar surface area (TPSA) is 43.4 Å². The zero-order valence-electron chi connectivity index (χ0n) is 16.3. The number of fused-ring (bicyclic) bond motifs is 5. The number of esters is 1. The maximum absolute atomic E-state index is 12.2. The molecule has 0 unspecified atom stereocenters. The van der Waals surface area contributed by atoms with Gasteiger partial charge < -0.3 is 4.74 Å². The molecular weight excluding hydrogens is 472 g/mol. The average Bonchev–Trinajstić information content (AvgIpc) is 2.91. The Labute approximate surface area is 178 Å². The van der Waals surface area contributed by atoms with Crippen molar-refractivity contribution in [3.63, 3.8) is 0 Å². The highest BCUT2D eigenvalue weighted by Crippen LogP contribution is 2.67. The molecule has 4 aliphatic rings. The van der Waals surface area contributed by atoms with Gasteiger partial charge in [0.1, 0.15) is 6.10 Å². The van der Waals surface area contributed by atoms with Crippen molar-refractivity contribution in [2.24, 2.45) is 28.6 Å². The fraction of sp³-hybridized carbons (Fsp3) is 0.727. The zero-order chi connectivity index (χ0) is 19.6. The minimum atomic E-state index is -0.153. The summed E-state index contributed by atoms with van der Waals surface area (Å²) in [6.45, 7) is 6.26. The summed E-state index contributed by atoms with van der Waals surface area (Å²) in [4.78, 5) is 23.8. The van der Waals surface area contributed by atoms with Gasteiger partial charge in [-0.1, -0.05) is 13.8 Å². The van der Waals surface area contributed by atoms with Crippen molar-refractivity contribution < 1.29 is 14.3 Å². The highest BCUT2D eigenvalue weighted by molar-refractivity contribution is 9.28. The molecule has 6 atom stereocenters. The molecule has 0 N–H and O–H groups in total. The summed E-state index contributed by atoms with van der Waals surface area (Å²) >= 11 is 7.33. The molecule has 5 heteroatoms. The largest absolute Gasteiger partial charge is 0.462 e. The Morgan fingerprint density at radius 1 is 1.15 bits per heavy atom. The van der Waals surface area contributed by atoms with E-state index in [1.54, 1.807) is 0 Å². The Kier molecular flexibility index (Phi) is 5.03. The molecule has 0 aromatic carbocycles. The van der Waals surface area contributed by atoms with E-state index in [9.17, 15) is 9.59 Å². The molecule has 3 nitrogen and oxygen atoms in total. The Bertz CT molecular complexity index is 751. The van der Waals surface area contributed by atoms with Crippen LogP contribution >= 0.6 is 31.9 Å². The highest BCUT2D eigenvalue weighted by atomic mass is 79.9. The van der Waals surface area contributed by atoms with Crippen molar-refractivity contribution in [3.05, 3.63) is 20.6 Å². The molecule has 0 radical (unpaired) electrons. The van der Waals surface area contributed by atoms with Gasteiger partial charge >= 0.3 is 5.97 Å². The van der Waals surface area contributed by atoms with Crippen molar-refractivity contribution in [1.82, 2.24) is 0 Å². The number of carbonyl (C=O) groups is 2. The van der Waals surface area contributed by atoms with Crippen LogP contribution in [-0.4, -0.2) is 17.9 Å². The van der Waals surface area contributed by atoms with Crippen molar-refractivity contribution >= 4 is 43.6 Å². The number of ether oxygens (including phenoxy) is 1. The van der Waals surface area contributed by atoms with Gasteiger partial charge in [0.05, 0.1) is 3.39 Å². The first-order valence-corrected chi connectivity index (χ1v) is 11.7. The summed E-state index contributed by atoms with van der Waals surface area (Å²) in [5.41, 5.74) is 2.67. The summed E-state index contributed by atoms with van der Waals surface area (Å²) in [6.07, 6.45) is 8.97. The maximum atomic E-state index is 12.2. The number of ketones is 1. The lowest BCUT2D eigenvalue weighted by molar-refractivity contribution is -0.156. The van der Waals surface area contributed by atoms with E-state index in [1.165, 1.54) is 18.1 Å². The van der Waals surface area contributed by atoms with Gasteiger partial charge in [0, 0.05) is 18.8 Å². The van der Waals surface area contributed by atoms with Crippen LogP contribution in [0.4, 0.5) is 0 Å². The second-order valence-corrected chi connectivity index (χ2v) is 12.1. The lowest BCUT2D eigenvalue weighted by Crippen LogP contribution is -2.52. The van der Waals surface area contributed by atoms with Gasteiger partial charge in [0.15, 0.2) is 5.78 Å². The first-order valence-electron chi connectivity index (χ1n) is 10.1. The summed E-state index contributed by atoms with van der Waals surface area (Å²) < 4.78 is 6.75. The van der Waals surface area contributed by atoms with E-state index < -0.39 is 0 Å². The smallest absolute Gasteiger partial charge is 0.302 e. The molecule has 0 amide bonds. The minimum Gasteiger partial charge on any atom is -0.462 e. The first-order chi connectivity index (χ1) is 12.7. The Morgan fingerprint density at radius 2 is 1.89 bits per heavy atom. The monoisotopic (exact) mass is 498 g/mol. The minimum absolute atomic E-state index is 0.0541. The van der Waals surface area contributed by atoms with E-state index in [0.29, 0.717) is 24.2 Å². The predicted octanol–water partition coefficient (Wildman–Crippen LogP) is 6.06. The molecule has 148 valence electrons. The van der Waals surface area contributed by atoms with E-state index in [1.807, 2.05) is 6.08 Å². The number of rotatable bonds is 1. The van der Waals surface area contributed by atoms with Crippen LogP contribution in [0, 0.1) is 28.6 Å². The summed E-state index contributed by atoms with van der Waals surface area (Å²) in [7, 11) is 0. The summed E-state index contributed by atoms with van der Waals surface area (Å²) in [5, 5.41) is 0. The molecule has 0 heterocycles. The molecule has 0 aliphatic heterocycles. The summed E-state index contributed by atoms with van der Waals surface area (Å²) in [6, 6.07) is 0. The van der Waals surface area contributed by atoms with E-state index in [-0.39, 0.29) is 28.7 Å². The van der Waals surface area contributed by atoms with Crippen molar-refractivity contribution in [3.8, 4) is 0 Å². The summed E-state index contributed by atoms with van der Waals surface area (Å²) in [5.74, 6) is 1.87. The van der Waals surface area contributed by atoms with Crippen molar-refractivity contribution in [1.29, 1.82) is 0 Å². The molecule has 3 fully saturated rings. The van der Waals surface area contributed by atoms with E-state index in [0.717, 1.165) is 41.9 Å². The SMILES string of the molecule is CC(=O)O[C@@H]1CC[C@H]2[C@@H]3CC(=C(Br)Br)C4=CC(=O)CC[C@]4(C)[C@H]3CC[C@]12C. The number of hydrogen-bond donors (Lipinski definition) is 0. The van der Waals surface area contributed by atoms with Crippen LogP contribution in [0.3, 0.4) is 0 Å². The Morgan fingerprint density at radius 3 is 2.56 bits per heavy atom. The number of carbonyl (C=O) groups excluding carboxylic acids is 2. The predicted molar refractivity (Wildman–Crippen MR) is 113 cm³/mol. The van der Waals surface area contributed by atoms with Gasteiger partial charge in [-0.3, -0.25) is 9.59 Å². The van der Waals surface area contributed by atoms with Crippen molar-refractivity contribution in [2.45, 2.75) is 71.8 Å². The zero-order valence-corrected chi connectivity index (χ0v) is 19.5. The molecule has 0 spiro atoms. The molecule has 0 aromatic rings. The quantitative estimate of drug-likeness (QED) is 0.411. The Hall–Kier alpha value is -0.420. The standard InChI is InChI=1S/C22H28Br2O3/c1-12(25)27-19-5-4-16-14-11-15(20(23)24)18-10-13(26)6-8-21(18,2)17(14)7-9-22(16,19)3/h10,14,16-17,19H,4-9,11H2,1-3H3/t14-,16-,17-,19+,21+,22-/m0/s1. The fourth-order valence-corrected chi connectivity index (χ4v) is 7.72. The molecule has 0 bridgehead atoms. The highest BCUT2D eigenvalue weighted by Gasteiger charge is 2.60. The van der Waals surface area contributed by atoms with E-state index in [4.69, 9.17) is 4.74 Å². The van der Waals surface area contributed by atoms with E-state index in [2.05, 4.69) is 45.7 Å². The van der Waals surface area contributed by atoms with Crippen molar-refractivity contribution in [2.75, 3.05) is 0 Å². The average molecular weight is 500 g/mol. The van der Waals surface area contributed by atoms with Gasteiger partial charge in [0.25, 0.3) is 0 Å². The normalized spacial score (nSPS) is 43.4. The third-order valence-corrected chi connectivity index (χ3v) is 9.24. The Balaban J connectivity index is 1.74. The maximum Gasteiger partial charge on any atom is 0.302 e. The fourth-order valence-electron chi connectivity index (χ4n) is 6.97. The van der Waals surface area contributed by atoms with Gasteiger partial charge in [-0.05, 0) is 111 Å². The van der Waals surface area contributed by atoms with Gasteiger partial charge in [-0.2, -0.15) is 0 Å². The molecule has 0 saturated heterocycles. The number of allylic oxidation sites excluding steroid dienone is 2. The van der Waals surface area contributed by atoms with Crippen LogP contribution in [0.1, 0.15) is 65.7 Å².